The van der Waals surface area contributed by atoms with Crippen LogP contribution >= 0.6 is 0 Å². The highest BCUT2D eigenvalue weighted by Gasteiger charge is 2.20. The highest BCUT2D eigenvalue weighted by atomic mass is 16.3. The van der Waals surface area contributed by atoms with E-state index in [2.05, 4.69) is 11.8 Å². The van der Waals surface area contributed by atoms with Gasteiger partial charge < -0.3 is 5.11 Å². The second kappa shape index (κ2) is 6.01. The van der Waals surface area contributed by atoms with E-state index in [1.807, 2.05) is 0 Å². The first-order valence-corrected chi connectivity index (χ1v) is 6.73. The molecule has 3 heteroatoms. The van der Waals surface area contributed by atoms with E-state index < -0.39 is 0 Å². The van der Waals surface area contributed by atoms with Gasteiger partial charge >= 0.3 is 0 Å². The molecule has 0 bridgehead atoms. The zero-order valence-corrected chi connectivity index (χ0v) is 10.9. The van der Waals surface area contributed by atoms with E-state index in [4.69, 9.17) is 0 Å². The minimum Gasteiger partial charge on any atom is -0.508 e. The molecule has 0 spiro atoms. The van der Waals surface area contributed by atoms with E-state index in [1.54, 1.807) is 24.3 Å². The number of rotatable bonds is 4. The molecule has 0 saturated carbocycles. The van der Waals surface area contributed by atoms with Crippen molar-refractivity contribution in [3.8, 4) is 5.75 Å². The summed E-state index contributed by atoms with van der Waals surface area (Å²) in [5.74, 6) is 1.09. The third-order valence-corrected chi connectivity index (χ3v) is 3.74. The van der Waals surface area contributed by atoms with Crippen molar-refractivity contribution in [2.75, 3.05) is 19.6 Å². The first kappa shape index (κ1) is 13.1. The summed E-state index contributed by atoms with van der Waals surface area (Å²) in [7, 11) is 0. The fraction of sp³-hybridized carbons (Fsp3) is 0.533. The number of carbonyl (C=O) groups excluding carboxylic acids is 1. The van der Waals surface area contributed by atoms with Gasteiger partial charge in [0, 0.05) is 12.1 Å². The fourth-order valence-electron chi connectivity index (χ4n) is 2.57. The van der Waals surface area contributed by atoms with Gasteiger partial charge in [0.15, 0.2) is 5.78 Å². The van der Waals surface area contributed by atoms with Crippen molar-refractivity contribution in [2.45, 2.75) is 26.2 Å². The topological polar surface area (TPSA) is 40.5 Å². The van der Waals surface area contributed by atoms with E-state index in [0.717, 1.165) is 19.0 Å². The molecule has 1 N–H and O–H groups in total. The van der Waals surface area contributed by atoms with Gasteiger partial charge in [0.25, 0.3) is 0 Å². The van der Waals surface area contributed by atoms with Gasteiger partial charge in [-0.2, -0.15) is 0 Å². The molecule has 3 nitrogen and oxygen atoms in total. The largest absolute Gasteiger partial charge is 0.508 e. The Kier molecular flexibility index (Phi) is 4.37. The van der Waals surface area contributed by atoms with Crippen LogP contribution in [0.15, 0.2) is 24.3 Å². The van der Waals surface area contributed by atoms with Crippen molar-refractivity contribution in [3.05, 3.63) is 29.8 Å². The van der Waals surface area contributed by atoms with Crippen molar-refractivity contribution >= 4 is 5.78 Å². The molecule has 1 aromatic rings. The Labute approximate surface area is 108 Å². The Balaban J connectivity index is 1.92. The number of carbonyl (C=O) groups is 1. The molecular weight excluding hydrogens is 226 g/mol. The Morgan fingerprint density at radius 1 is 1.39 bits per heavy atom. The molecule has 18 heavy (non-hydrogen) atoms. The maximum atomic E-state index is 12.1. The zero-order valence-electron chi connectivity index (χ0n) is 10.9. The summed E-state index contributed by atoms with van der Waals surface area (Å²) >= 11 is 0. The van der Waals surface area contributed by atoms with Gasteiger partial charge in [0.05, 0.1) is 6.54 Å². The second-order valence-corrected chi connectivity index (χ2v) is 5.12. The number of hydrogen-bond acceptors (Lipinski definition) is 3. The van der Waals surface area contributed by atoms with E-state index in [9.17, 15) is 9.90 Å². The molecule has 1 aliphatic rings. The van der Waals surface area contributed by atoms with Gasteiger partial charge in [-0.25, -0.2) is 0 Å². The first-order chi connectivity index (χ1) is 8.69. The third-order valence-electron chi connectivity index (χ3n) is 3.74. The molecule has 1 saturated heterocycles. The lowest BCUT2D eigenvalue weighted by atomic mass is 9.95. The summed E-state index contributed by atoms with van der Waals surface area (Å²) in [6, 6.07) is 6.52. The SMILES string of the molecule is CCC1CCCN(CC(=O)c2ccc(O)cc2)C1. The molecule has 1 atom stereocenters. The van der Waals surface area contributed by atoms with Crippen molar-refractivity contribution < 1.29 is 9.90 Å². The summed E-state index contributed by atoms with van der Waals surface area (Å²) in [5, 5.41) is 9.20. The standard InChI is InChI=1S/C15H21NO2/c1-2-12-4-3-9-16(10-12)11-15(18)13-5-7-14(17)8-6-13/h5-8,12,17H,2-4,9-11H2,1H3. The molecule has 98 valence electrons. The molecule has 1 heterocycles. The first-order valence-electron chi connectivity index (χ1n) is 6.73. The van der Waals surface area contributed by atoms with Crippen molar-refractivity contribution in [2.24, 2.45) is 5.92 Å². The van der Waals surface area contributed by atoms with E-state index >= 15 is 0 Å². The lowest BCUT2D eigenvalue weighted by molar-refractivity contribution is 0.0884. The molecule has 0 aliphatic carbocycles. The van der Waals surface area contributed by atoms with Crippen LogP contribution in [0.2, 0.25) is 0 Å². The molecule has 0 amide bonds. The molecule has 1 aromatic carbocycles. The molecule has 1 aliphatic heterocycles. The molecule has 2 rings (SSSR count). The van der Waals surface area contributed by atoms with Gasteiger partial charge in [-0.3, -0.25) is 9.69 Å². The van der Waals surface area contributed by atoms with E-state index in [-0.39, 0.29) is 11.5 Å². The van der Waals surface area contributed by atoms with E-state index in [0.29, 0.717) is 12.1 Å². The normalized spacial score (nSPS) is 20.8. The number of benzene rings is 1. The summed E-state index contributed by atoms with van der Waals surface area (Å²) in [6.07, 6.45) is 3.69. The molecule has 0 aromatic heterocycles. The molecular formula is C15H21NO2. The predicted octanol–water partition coefficient (Wildman–Crippen LogP) is 2.70. The number of phenols is 1. The van der Waals surface area contributed by atoms with Crippen LogP contribution < -0.4 is 0 Å². The number of phenolic OH excluding ortho intramolecular Hbond substituents is 1. The summed E-state index contributed by atoms with van der Waals surface area (Å²) in [4.78, 5) is 14.4. The van der Waals surface area contributed by atoms with Crippen LogP contribution in [0.1, 0.15) is 36.5 Å². The van der Waals surface area contributed by atoms with Crippen molar-refractivity contribution in [1.29, 1.82) is 0 Å². The third kappa shape index (κ3) is 3.33. The number of aromatic hydroxyl groups is 1. The van der Waals surface area contributed by atoms with Gasteiger partial charge in [-0.05, 0) is 49.6 Å². The Bertz CT molecular complexity index is 399. The van der Waals surface area contributed by atoms with Crippen molar-refractivity contribution in [3.63, 3.8) is 0 Å². The lowest BCUT2D eigenvalue weighted by Gasteiger charge is -2.31. The maximum absolute atomic E-state index is 12.1. The van der Waals surface area contributed by atoms with Crippen LogP contribution in [0.4, 0.5) is 0 Å². The molecule has 1 unspecified atom stereocenters. The molecule has 0 radical (unpaired) electrons. The van der Waals surface area contributed by atoms with Gasteiger partial charge in [-0.15, -0.1) is 0 Å². The van der Waals surface area contributed by atoms with Gasteiger partial charge in [-0.1, -0.05) is 13.3 Å². The summed E-state index contributed by atoms with van der Waals surface area (Å²) in [6.45, 7) is 4.79. The van der Waals surface area contributed by atoms with Crippen LogP contribution in [-0.4, -0.2) is 35.4 Å². The van der Waals surface area contributed by atoms with Crippen molar-refractivity contribution in [1.82, 2.24) is 4.90 Å². The summed E-state index contributed by atoms with van der Waals surface area (Å²) in [5.41, 5.74) is 0.687. The smallest absolute Gasteiger partial charge is 0.176 e. The molecule has 1 fully saturated rings. The Hall–Kier alpha value is -1.35. The van der Waals surface area contributed by atoms with Crippen LogP contribution in [0.25, 0.3) is 0 Å². The van der Waals surface area contributed by atoms with Gasteiger partial charge in [0.1, 0.15) is 5.75 Å². The highest BCUT2D eigenvalue weighted by Crippen LogP contribution is 2.19. The second-order valence-electron chi connectivity index (χ2n) is 5.12. The summed E-state index contributed by atoms with van der Waals surface area (Å²) < 4.78 is 0. The Morgan fingerprint density at radius 2 is 2.11 bits per heavy atom. The van der Waals surface area contributed by atoms with Crippen LogP contribution in [-0.2, 0) is 0 Å². The number of ketones is 1. The average molecular weight is 247 g/mol. The number of piperidine rings is 1. The highest BCUT2D eigenvalue weighted by molar-refractivity contribution is 5.97. The monoisotopic (exact) mass is 247 g/mol. The fourth-order valence-corrected chi connectivity index (χ4v) is 2.57. The predicted molar refractivity (Wildman–Crippen MR) is 71.9 cm³/mol. The maximum Gasteiger partial charge on any atom is 0.176 e. The van der Waals surface area contributed by atoms with E-state index in [1.165, 1.54) is 19.3 Å². The number of hydrogen-bond donors (Lipinski definition) is 1. The number of Topliss-reactive ketones (excluding diaryl/α,β-unsaturated/α-hetero) is 1. The average Bonchev–Trinajstić information content (AvgIpc) is 2.39. The minimum absolute atomic E-state index is 0.145. The van der Waals surface area contributed by atoms with Crippen LogP contribution in [0, 0.1) is 5.92 Å². The minimum atomic E-state index is 0.145. The zero-order chi connectivity index (χ0) is 13.0. The number of nitrogens with zero attached hydrogens (tertiary/aromatic N) is 1. The van der Waals surface area contributed by atoms with Crippen LogP contribution in [0.5, 0.6) is 5.75 Å². The lowest BCUT2D eigenvalue weighted by Crippen LogP contribution is -2.38. The van der Waals surface area contributed by atoms with Gasteiger partial charge in [0.2, 0.25) is 0 Å². The Morgan fingerprint density at radius 3 is 2.78 bits per heavy atom. The number of likely N-dealkylation sites (tertiary alicyclic amines) is 1. The quantitative estimate of drug-likeness (QED) is 0.832. The van der Waals surface area contributed by atoms with Crippen LogP contribution in [0.3, 0.4) is 0 Å².